The molecule has 0 aromatic heterocycles. The predicted molar refractivity (Wildman–Crippen MR) is 120 cm³/mol. The van der Waals surface area contributed by atoms with Crippen molar-refractivity contribution in [2.75, 3.05) is 5.75 Å². The molecule has 0 heterocycles. The Morgan fingerprint density at radius 2 is 0.704 bits per heavy atom. The molecule has 0 unspecified atom stereocenters. The quantitative estimate of drug-likeness (QED) is 0.122. The van der Waals surface area contributed by atoms with Crippen molar-refractivity contribution in [3.63, 3.8) is 0 Å². The van der Waals surface area contributed by atoms with Crippen molar-refractivity contribution in [2.24, 2.45) is 0 Å². The fraction of sp³-hybridized carbons (Fsp3) is 1.00. The second kappa shape index (κ2) is 23.2. The third-order valence-electron chi connectivity index (χ3n) is 5.26. The Bertz CT molecular complexity index is 372. The van der Waals surface area contributed by atoms with Gasteiger partial charge in [0.1, 0.15) is 0 Å². The molecule has 0 bridgehead atoms. The summed E-state index contributed by atoms with van der Waals surface area (Å²) in [5.74, 6) is -0.0774. The standard InChI is InChI=1S/C22H46O3S.Na/c1-2-3-4-5-6-7-8-9-10-11-12-13-14-15-16-17-18-19-20-21-22-26(23,24)25;/h2-22H2,1H3,(H,23,24,25);. The molecule has 0 aromatic carbocycles. The van der Waals surface area contributed by atoms with Gasteiger partial charge < -0.3 is 0 Å². The summed E-state index contributed by atoms with van der Waals surface area (Å²) in [6, 6.07) is 0. The SMILES string of the molecule is CCCCCCCCCCCCCCCCCCCCCCS(=O)(=O)O.[Na]. The Balaban J connectivity index is 0. The van der Waals surface area contributed by atoms with Gasteiger partial charge in [0.25, 0.3) is 10.1 Å². The fourth-order valence-electron chi connectivity index (χ4n) is 3.54. The number of hydrogen-bond acceptors (Lipinski definition) is 2. The van der Waals surface area contributed by atoms with Crippen molar-refractivity contribution >= 4 is 39.7 Å². The zero-order valence-electron chi connectivity index (χ0n) is 18.5. The van der Waals surface area contributed by atoms with Gasteiger partial charge in [-0.1, -0.05) is 129 Å². The molecule has 0 aliphatic carbocycles. The topological polar surface area (TPSA) is 54.4 Å². The van der Waals surface area contributed by atoms with E-state index in [1.807, 2.05) is 0 Å². The van der Waals surface area contributed by atoms with Gasteiger partial charge in [-0.05, 0) is 6.42 Å². The summed E-state index contributed by atoms with van der Waals surface area (Å²) >= 11 is 0. The molecule has 1 N–H and O–H groups in total. The van der Waals surface area contributed by atoms with Gasteiger partial charge in [-0.25, -0.2) is 0 Å². The molecule has 0 saturated heterocycles. The van der Waals surface area contributed by atoms with E-state index >= 15 is 0 Å². The van der Waals surface area contributed by atoms with Crippen LogP contribution in [-0.4, -0.2) is 48.3 Å². The molecular formula is C22H46NaO3S. The van der Waals surface area contributed by atoms with Crippen molar-refractivity contribution in [2.45, 2.75) is 135 Å². The maximum atomic E-state index is 10.6. The maximum absolute atomic E-state index is 10.6. The van der Waals surface area contributed by atoms with Crippen LogP contribution >= 0.6 is 0 Å². The van der Waals surface area contributed by atoms with E-state index in [2.05, 4.69) is 6.92 Å². The van der Waals surface area contributed by atoms with Crippen LogP contribution in [0.2, 0.25) is 0 Å². The molecule has 0 spiro atoms. The fourth-order valence-corrected chi connectivity index (χ4v) is 4.11. The Hall–Kier alpha value is 0.910. The number of unbranched alkanes of at least 4 members (excludes halogenated alkanes) is 19. The van der Waals surface area contributed by atoms with Crippen LogP contribution in [0.3, 0.4) is 0 Å². The minimum absolute atomic E-state index is 0. The molecule has 1 radical (unpaired) electrons. The third kappa shape index (κ3) is 29.2. The first-order valence-electron chi connectivity index (χ1n) is 11.5. The van der Waals surface area contributed by atoms with E-state index in [4.69, 9.17) is 4.55 Å². The molecule has 0 saturated carbocycles. The van der Waals surface area contributed by atoms with Crippen LogP contribution in [0, 0.1) is 0 Å². The van der Waals surface area contributed by atoms with Crippen LogP contribution in [0.25, 0.3) is 0 Å². The molecule has 0 amide bonds. The minimum Gasteiger partial charge on any atom is -0.286 e. The number of rotatable bonds is 21. The van der Waals surface area contributed by atoms with Gasteiger partial charge in [-0.3, -0.25) is 4.55 Å². The predicted octanol–water partition coefficient (Wildman–Crippen LogP) is 7.32. The summed E-state index contributed by atoms with van der Waals surface area (Å²) in [6.07, 6.45) is 26.2. The summed E-state index contributed by atoms with van der Waals surface area (Å²) in [6.45, 7) is 2.28. The average molecular weight is 414 g/mol. The van der Waals surface area contributed by atoms with Gasteiger partial charge in [0.05, 0.1) is 5.75 Å². The molecule has 159 valence electrons. The molecule has 0 aliphatic rings. The Kier molecular flexibility index (Phi) is 25.9. The van der Waals surface area contributed by atoms with E-state index in [-0.39, 0.29) is 35.3 Å². The van der Waals surface area contributed by atoms with Gasteiger partial charge in [0.2, 0.25) is 0 Å². The van der Waals surface area contributed by atoms with Gasteiger partial charge >= 0.3 is 0 Å². The molecule has 3 nitrogen and oxygen atoms in total. The first-order chi connectivity index (χ1) is 12.6. The zero-order chi connectivity index (χ0) is 19.3. The molecule has 0 fully saturated rings. The third-order valence-corrected chi connectivity index (χ3v) is 6.06. The van der Waals surface area contributed by atoms with E-state index in [1.54, 1.807) is 0 Å². The number of hydrogen-bond donors (Lipinski definition) is 1. The second-order valence-electron chi connectivity index (χ2n) is 8.00. The van der Waals surface area contributed by atoms with E-state index in [9.17, 15) is 8.42 Å². The van der Waals surface area contributed by atoms with Crippen molar-refractivity contribution in [3.8, 4) is 0 Å². The summed E-state index contributed by atoms with van der Waals surface area (Å²) in [4.78, 5) is 0. The van der Waals surface area contributed by atoms with Crippen molar-refractivity contribution in [1.29, 1.82) is 0 Å². The first-order valence-corrected chi connectivity index (χ1v) is 13.1. The molecule has 5 heteroatoms. The molecule has 0 aliphatic heterocycles. The largest absolute Gasteiger partial charge is 0.286 e. The summed E-state index contributed by atoms with van der Waals surface area (Å²) in [5.41, 5.74) is 0. The minimum atomic E-state index is -3.75. The van der Waals surface area contributed by atoms with Crippen molar-refractivity contribution in [3.05, 3.63) is 0 Å². The molecule has 0 atom stereocenters. The first kappa shape index (κ1) is 30.1. The molecule has 0 rings (SSSR count). The zero-order valence-corrected chi connectivity index (χ0v) is 21.3. The maximum Gasteiger partial charge on any atom is 0.264 e. The molecular weight excluding hydrogens is 367 g/mol. The van der Waals surface area contributed by atoms with Gasteiger partial charge in [-0.15, -0.1) is 0 Å². The van der Waals surface area contributed by atoms with Gasteiger partial charge in [0, 0.05) is 29.6 Å². The average Bonchev–Trinajstić information content (AvgIpc) is 2.59. The summed E-state index contributed by atoms with van der Waals surface area (Å²) in [5, 5.41) is 0. The van der Waals surface area contributed by atoms with Crippen LogP contribution in [-0.2, 0) is 10.1 Å². The molecule has 27 heavy (non-hydrogen) atoms. The van der Waals surface area contributed by atoms with Crippen molar-refractivity contribution in [1.82, 2.24) is 0 Å². The van der Waals surface area contributed by atoms with Gasteiger partial charge in [0.15, 0.2) is 0 Å². The van der Waals surface area contributed by atoms with E-state index < -0.39 is 10.1 Å². The smallest absolute Gasteiger partial charge is 0.264 e. The summed E-state index contributed by atoms with van der Waals surface area (Å²) in [7, 11) is -3.75. The van der Waals surface area contributed by atoms with Crippen LogP contribution in [0.4, 0.5) is 0 Å². The van der Waals surface area contributed by atoms with Crippen LogP contribution in [0.15, 0.2) is 0 Å². The second-order valence-corrected chi connectivity index (χ2v) is 9.58. The Morgan fingerprint density at radius 3 is 0.926 bits per heavy atom. The van der Waals surface area contributed by atoms with Gasteiger partial charge in [-0.2, -0.15) is 8.42 Å². The summed E-state index contributed by atoms with van der Waals surface area (Å²) < 4.78 is 29.8. The Labute approximate surface area is 192 Å². The van der Waals surface area contributed by atoms with Crippen LogP contribution in [0.5, 0.6) is 0 Å². The van der Waals surface area contributed by atoms with E-state index in [0.717, 1.165) is 12.8 Å². The normalized spacial score (nSPS) is 11.5. The van der Waals surface area contributed by atoms with Crippen molar-refractivity contribution < 1.29 is 13.0 Å². The van der Waals surface area contributed by atoms with E-state index in [1.165, 1.54) is 109 Å². The molecule has 0 aromatic rings. The monoisotopic (exact) mass is 413 g/mol. The Morgan fingerprint density at radius 1 is 0.481 bits per heavy atom. The van der Waals surface area contributed by atoms with E-state index in [0.29, 0.717) is 6.42 Å². The van der Waals surface area contributed by atoms with Crippen LogP contribution in [0.1, 0.15) is 135 Å². The van der Waals surface area contributed by atoms with Crippen LogP contribution < -0.4 is 0 Å².